The molecule has 0 radical (unpaired) electrons. The van der Waals surface area contributed by atoms with Crippen molar-refractivity contribution in [1.29, 1.82) is 0 Å². The Hall–Kier alpha value is -0.200. The van der Waals surface area contributed by atoms with Crippen LogP contribution in [0.25, 0.3) is 0 Å². The first-order chi connectivity index (χ1) is 8.41. The van der Waals surface area contributed by atoms with Gasteiger partial charge in [0.15, 0.2) is 0 Å². The van der Waals surface area contributed by atoms with Crippen molar-refractivity contribution in [2.75, 3.05) is 59.5 Å². The van der Waals surface area contributed by atoms with E-state index < -0.39 is 0 Å². The van der Waals surface area contributed by atoms with Crippen LogP contribution in [0.4, 0.5) is 0 Å². The Kier molecular flexibility index (Phi) is 15.6. The first-order valence-corrected chi connectivity index (χ1v) is 6.33. The van der Waals surface area contributed by atoms with E-state index >= 15 is 0 Å². The van der Waals surface area contributed by atoms with Crippen LogP contribution in [0.2, 0.25) is 0 Å². The number of unbranched alkanes of at least 4 members (excludes halogenated alkanes) is 1. The minimum atomic E-state index is 0.0922. The molecular weight excluding hydrogens is 224 g/mol. The summed E-state index contributed by atoms with van der Waals surface area (Å²) in [4.78, 5) is 0. The molecule has 0 aromatic rings. The largest absolute Gasteiger partial charge is 0.394 e. The Labute approximate surface area is 104 Å². The molecule has 1 saturated heterocycles. The molecule has 0 aromatic carbocycles. The van der Waals surface area contributed by atoms with Gasteiger partial charge in [0.1, 0.15) is 0 Å². The van der Waals surface area contributed by atoms with Crippen LogP contribution in [-0.4, -0.2) is 64.6 Å². The third-order valence-electron chi connectivity index (χ3n) is 1.99. The summed E-state index contributed by atoms with van der Waals surface area (Å²) < 4.78 is 20.1. The summed E-state index contributed by atoms with van der Waals surface area (Å²) in [6.07, 6.45) is 2.28. The van der Waals surface area contributed by atoms with Crippen LogP contribution in [0.15, 0.2) is 0 Å². The molecule has 17 heavy (non-hydrogen) atoms. The molecular formula is C12H26O5. The maximum absolute atomic E-state index is 8.34. The van der Waals surface area contributed by atoms with E-state index in [9.17, 15) is 0 Å². The second-order valence-corrected chi connectivity index (χ2v) is 3.53. The van der Waals surface area contributed by atoms with Gasteiger partial charge in [-0.15, -0.1) is 0 Å². The highest BCUT2D eigenvalue weighted by molar-refractivity contribution is 4.37. The SMILES string of the molecule is C1COCCO1.CCCCOCCOCCO. The summed E-state index contributed by atoms with van der Waals surface area (Å²) in [6, 6.07) is 0. The van der Waals surface area contributed by atoms with E-state index in [-0.39, 0.29) is 6.61 Å². The molecule has 0 atom stereocenters. The first-order valence-electron chi connectivity index (χ1n) is 6.33. The van der Waals surface area contributed by atoms with Crippen LogP contribution in [0.1, 0.15) is 19.8 Å². The molecule has 1 N–H and O–H groups in total. The molecule has 5 nitrogen and oxygen atoms in total. The fourth-order valence-corrected chi connectivity index (χ4v) is 1.07. The summed E-state index contributed by atoms with van der Waals surface area (Å²) in [7, 11) is 0. The quantitative estimate of drug-likeness (QED) is 0.647. The fraction of sp³-hybridized carbons (Fsp3) is 1.00. The minimum Gasteiger partial charge on any atom is -0.394 e. The number of hydrogen-bond donors (Lipinski definition) is 1. The molecule has 1 aliphatic heterocycles. The zero-order chi connectivity index (χ0) is 12.6. The third-order valence-corrected chi connectivity index (χ3v) is 1.99. The van der Waals surface area contributed by atoms with E-state index in [2.05, 4.69) is 6.92 Å². The minimum absolute atomic E-state index is 0.0922. The second-order valence-electron chi connectivity index (χ2n) is 3.53. The number of aliphatic hydroxyl groups is 1. The first kappa shape index (κ1) is 16.8. The van der Waals surface area contributed by atoms with Crippen molar-refractivity contribution in [3.05, 3.63) is 0 Å². The van der Waals surface area contributed by atoms with E-state index in [0.29, 0.717) is 19.8 Å². The van der Waals surface area contributed by atoms with Crippen LogP contribution in [0.5, 0.6) is 0 Å². The lowest BCUT2D eigenvalue weighted by atomic mass is 10.4. The topological polar surface area (TPSA) is 57.2 Å². The molecule has 1 heterocycles. The lowest BCUT2D eigenvalue weighted by Crippen LogP contribution is -2.16. The van der Waals surface area contributed by atoms with Gasteiger partial charge in [-0.2, -0.15) is 0 Å². The van der Waals surface area contributed by atoms with Crippen molar-refractivity contribution in [2.45, 2.75) is 19.8 Å². The summed E-state index contributed by atoms with van der Waals surface area (Å²) in [6.45, 7) is 7.79. The van der Waals surface area contributed by atoms with Gasteiger partial charge in [-0.25, -0.2) is 0 Å². The molecule has 0 unspecified atom stereocenters. The standard InChI is InChI=1S/C8H18O3.C4H8O2/c1-2-3-5-10-7-8-11-6-4-9;1-2-6-4-3-5-1/h9H,2-8H2,1H3;1-4H2. The predicted octanol–water partition coefficient (Wildman–Crippen LogP) is 0.845. The van der Waals surface area contributed by atoms with E-state index in [1.807, 2.05) is 0 Å². The highest BCUT2D eigenvalue weighted by atomic mass is 16.6. The molecule has 0 aliphatic carbocycles. The highest BCUT2D eigenvalue weighted by Crippen LogP contribution is 1.87. The monoisotopic (exact) mass is 250 g/mol. The molecule has 0 aromatic heterocycles. The summed E-state index contributed by atoms with van der Waals surface area (Å²) in [5.74, 6) is 0. The van der Waals surface area contributed by atoms with E-state index in [1.165, 1.54) is 0 Å². The molecule has 0 saturated carbocycles. The van der Waals surface area contributed by atoms with Crippen LogP contribution in [0, 0.1) is 0 Å². The average molecular weight is 250 g/mol. The van der Waals surface area contributed by atoms with Crippen LogP contribution < -0.4 is 0 Å². The normalized spacial score (nSPS) is 15.2. The smallest absolute Gasteiger partial charge is 0.0701 e. The zero-order valence-corrected chi connectivity index (χ0v) is 10.9. The van der Waals surface area contributed by atoms with Gasteiger partial charge in [0.2, 0.25) is 0 Å². The number of hydrogen-bond acceptors (Lipinski definition) is 5. The van der Waals surface area contributed by atoms with Gasteiger partial charge in [0.25, 0.3) is 0 Å². The van der Waals surface area contributed by atoms with Crippen molar-refractivity contribution >= 4 is 0 Å². The Morgan fingerprint density at radius 3 is 1.82 bits per heavy atom. The van der Waals surface area contributed by atoms with Gasteiger partial charge in [-0.1, -0.05) is 13.3 Å². The lowest BCUT2D eigenvalue weighted by Gasteiger charge is -2.09. The summed E-state index contributed by atoms with van der Waals surface area (Å²) in [5, 5.41) is 8.34. The summed E-state index contributed by atoms with van der Waals surface area (Å²) >= 11 is 0. The molecule has 0 amide bonds. The Balaban J connectivity index is 0.000000354. The van der Waals surface area contributed by atoms with Gasteiger partial charge in [0.05, 0.1) is 52.9 Å². The molecule has 0 bridgehead atoms. The zero-order valence-electron chi connectivity index (χ0n) is 10.9. The van der Waals surface area contributed by atoms with E-state index in [4.69, 9.17) is 24.1 Å². The van der Waals surface area contributed by atoms with Crippen molar-refractivity contribution in [3.8, 4) is 0 Å². The van der Waals surface area contributed by atoms with Crippen LogP contribution >= 0.6 is 0 Å². The molecule has 104 valence electrons. The average Bonchev–Trinajstić information content (AvgIpc) is 2.41. The fourth-order valence-electron chi connectivity index (χ4n) is 1.07. The van der Waals surface area contributed by atoms with Gasteiger partial charge in [0, 0.05) is 6.61 Å². The molecule has 0 spiro atoms. The Morgan fingerprint density at radius 2 is 1.41 bits per heavy atom. The van der Waals surface area contributed by atoms with Crippen molar-refractivity contribution < 1.29 is 24.1 Å². The number of ether oxygens (including phenoxy) is 4. The Bertz CT molecular complexity index is 109. The van der Waals surface area contributed by atoms with Gasteiger partial charge in [-0.05, 0) is 6.42 Å². The van der Waals surface area contributed by atoms with Crippen LogP contribution in [0.3, 0.4) is 0 Å². The number of rotatable bonds is 8. The Morgan fingerprint density at radius 1 is 0.882 bits per heavy atom. The predicted molar refractivity (Wildman–Crippen MR) is 65.3 cm³/mol. The van der Waals surface area contributed by atoms with E-state index in [1.54, 1.807) is 0 Å². The van der Waals surface area contributed by atoms with Gasteiger partial charge >= 0.3 is 0 Å². The van der Waals surface area contributed by atoms with Gasteiger partial charge < -0.3 is 24.1 Å². The van der Waals surface area contributed by atoms with Crippen LogP contribution in [-0.2, 0) is 18.9 Å². The molecule has 1 aliphatic rings. The molecule has 5 heteroatoms. The van der Waals surface area contributed by atoms with Gasteiger partial charge in [-0.3, -0.25) is 0 Å². The second kappa shape index (κ2) is 15.8. The number of aliphatic hydroxyl groups excluding tert-OH is 1. The van der Waals surface area contributed by atoms with Crippen molar-refractivity contribution in [2.24, 2.45) is 0 Å². The maximum atomic E-state index is 8.34. The lowest BCUT2D eigenvalue weighted by molar-refractivity contribution is -0.0334. The van der Waals surface area contributed by atoms with Crippen molar-refractivity contribution in [1.82, 2.24) is 0 Å². The summed E-state index contributed by atoms with van der Waals surface area (Å²) in [5.41, 5.74) is 0. The maximum Gasteiger partial charge on any atom is 0.0701 e. The highest BCUT2D eigenvalue weighted by Gasteiger charge is 1.94. The van der Waals surface area contributed by atoms with E-state index in [0.717, 1.165) is 45.9 Å². The molecule has 1 fully saturated rings. The molecule has 1 rings (SSSR count). The van der Waals surface area contributed by atoms with Crippen molar-refractivity contribution in [3.63, 3.8) is 0 Å². The third kappa shape index (κ3) is 15.8.